The Balaban J connectivity index is 1.37. The number of fused-ring (bicyclic) bond motifs is 1. The number of anilines is 1. The molecule has 1 fully saturated rings. The number of nitrogens with one attached hydrogen (secondary N) is 1. The van der Waals surface area contributed by atoms with Crippen molar-refractivity contribution in [3.05, 3.63) is 81.8 Å². The number of aryl methyl sites for hydroxylation is 1. The van der Waals surface area contributed by atoms with Gasteiger partial charge in [0.05, 0.1) is 11.6 Å². The second kappa shape index (κ2) is 10.3. The molecule has 5 nitrogen and oxygen atoms in total. The van der Waals surface area contributed by atoms with Crippen LogP contribution < -0.4 is 19.7 Å². The van der Waals surface area contributed by atoms with Crippen molar-refractivity contribution in [2.24, 2.45) is 0 Å². The van der Waals surface area contributed by atoms with E-state index in [1.165, 1.54) is 0 Å². The molecule has 1 N–H and O–H groups in total. The summed E-state index contributed by atoms with van der Waals surface area (Å²) in [6.07, 6.45) is 3.71. The molecule has 5 rings (SSSR count). The summed E-state index contributed by atoms with van der Waals surface area (Å²) in [5, 5.41) is 4.52. The van der Waals surface area contributed by atoms with Gasteiger partial charge in [0.2, 0.25) is 0 Å². The van der Waals surface area contributed by atoms with E-state index in [2.05, 4.69) is 5.32 Å². The Bertz CT molecular complexity index is 1180. The number of piperidine rings is 1. The van der Waals surface area contributed by atoms with E-state index in [4.69, 9.17) is 32.7 Å². The van der Waals surface area contributed by atoms with Crippen LogP contribution in [-0.2, 0) is 6.42 Å². The first-order chi connectivity index (χ1) is 16.6. The van der Waals surface area contributed by atoms with Crippen LogP contribution in [0.25, 0.3) is 0 Å². The molecular weight excluding hydrogens is 471 g/mol. The Morgan fingerprint density at radius 3 is 2.59 bits per heavy atom. The average Bonchev–Trinajstić information content (AvgIpc) is 2.86. The van der Waals surface area contributed by atoms with Gasteiger partial charge in [-0.1, -0.05) is 29.3 Å². The minimum absolute atomic E-state index is 0.0547. The quantitative estimate of drug-likeness (QED) is 0.437. The van der Waals surface area contributed by atoms with Gasteiger partial charge in [0.1, 0.15) is 17.2 Å². The first-order valence-electron chi connectivity index (χ1n) is 11.6. The van der Waals surface area contributed by atoms with Gasteiger partial charge in [0.15, 0.2) is 0 Å². The Morgan fingerprint density at radius 1 is 1.03 bits per heavy atom. The molecule has 2 aliphatic rings. The Labute approximate surface area is 209 Å². The third-order valence-electron chi connectivity index (χ3n) is 6.27. The van der Waals surface area contributed by atoms with E-state index >= 15 is 0 Å². The lowest BCUT2D eigenvalue weighted by Crippen LogP contribution is -2.46. The van der Waals surface area contributed by atoms with Gasteiger partial charge < -0.3 is 19.7 Å². The Hall–Kier alpha value is -2.73. The minimum Gasteiger partial charge on any atom is -0.493 e. The maximum atomic E-state index is 13.6. The molecule has 0 spiro atoms. The molecule has 3 aromatic carbocycles. The zero-order valence-corrected chi connectivity index (χ0v) is 20.2. The fourth-order valence-electron chi connectivity index (χ4n) is 4.54. The summed E-state index contributed by atoms with van der Waals surface area (Å²) in [6.45, 7) is 2.46. The monoisotopic (exact) mass is 496 g/mol. The topological polar surface area (TPSA) is 50.8 Å². The molecule has 0 unspecified atom stereocenters. The molecule has 0 atom stereocenters. The molecule has 0 aliphatic carbocycles. The smallest absolute Gasteiger partial charge is 0.258 e. The molecule has 0 saturated carbocycles. The second-order valence-electron chi connectivity index (χ2n) is 8.61. The molecule has 2 aliphatic heterocycles. The van der Waals surface area contributed by atoms with E-state index in [1.54, 1.807) is 24.3 Å². The first-order valence-corrected chi connectivity index (χ1v) is 12.4. The molecule has 7 heteroatoms. The molecular formula is C27H26Cl2N2O3. The second-order valence-corrected chi connectivity index (χ2v) is 9.45. The number of halogens is 2. The number of carbonyl (C=O) groups excluding carboxylic acids is 1. The standard InChI is InChI=1S/C27H26Cl2N2O3/c28-20-4-1-5-22(16-20)31(21-10-12-30-13-11-21)27(32)18-6-8-23(9-7-18)34-26-17-25-19(15-24(26)29)3-2-14-33-25/h1,4-9,15-17,21,30H,2-3,10-14H2. The number of carbonyl (C=O) groups is 1. The highest BCUT2D eigenvalue weighted by Crippen LogP contribution is 2.38. The van der Waals surface area contributed by atoms with Gasteiger partial charge in [-0.25, -0.2) is 0 Å². The third kappa shape index (κ3) is 5.02. The lowest BCUT2D eigenvalue weighted by atomic mass is 10.0. The summed E-state index contributed by atoms with van der Waals surface area (Å²) in [6, 6.07) is 18.5. The van der Waals surface area contributed by atoms with Crippen LogP contribution >= 0.6 is 23.2 Å². The summed E-state index contributed by atoms with van der Waals surface area (Å²) in [7, 11) is 0. The van der Waals surface area contributed by atoms with E-state index in [9.17, 15) is 4.79 Å². The van der Waals surface area contributed by atoms with Crippen LogP contribution in [0.5, 0.6) is 17.2 Å². The van der Waals surface area contributed by atoms with Crippen molar-refractivity contribution < 1.29 is 14.3 Å². The van der Waals surface area contributed by atoms with Crippen LogP contribution in [-0.4, -0.2) is 31.6 Å². The lowest BCUT2D eigenvalue weighted by Gasteiger charge is -2.35. The normalized spacial score (nSPS) is 15.8. The molecule has 3 aromatic rings. The van der Waals surface area contributed by atoms with E-state index in [-0.39, 0.29) is 11.9 Å². The number of amides is 1. The van der Waals surface area contributed by atoms with Gasteiger partial charge in [-0.2, -0.15) is 0 Å². The minimum atomic E-state index is -0.0547. The highest BCUT2D eigenvalue weighted by molar-refractivity contribution is 6.32. The molecule has 34 heavy (non-hydrogen) atoms. The maximum absolute atomic E-state index is 13.6. The maximum Gasteiger partial charge on any atom is 0.258 e. The largest absolute Gasteiger partial charge is 0.493 e. The van der Waals surface area contributed by atoms with Crippen molar-refractivity contribution in [2.75, 3.05) is 24.6 Å². The van der Waals surface area contributed by atoms with Crippen LogP contribution in [0.1, 0.15) is 35.2 Å². The van der Waals surface area contributed by atoms with Crippen LogP contribution in [0, 0.1) is 0 Å². The molecule has 1 saturated heterocycles. The van der Waals surface area contributed by atoms with Gasteiger partial charge in [0, 0.05) is 28.4 Å². The highest BCUT2D eigenvalue weighted by Gasteiger charge is 2.28. The van der Waals surface area contributed by atoms with Crippen molar-refractivity contribution in [2.45, 2.75) is 31.7 Å². The van der Waals surface area contributed by atoms with Crippen LogP contribution in [0.2, 0.25) is 10.0 Å². The van der Waals surface area contributed by atoms with Crippen molar-refractivity contribution in [3.63, 3.8) is 0 Å². The fourth-order valence-corrected chi connectivity index (χ4v) is 4.95. The fraction of sp³-hybridized carbons (Fsp3) is 0.296. The number of nitrogens with zero attached hydrogens (tertiary/aromatic N) is 1. The molecule has 1 amide bonds. The third-order valence-corrected chi connectivity index (χ3v) is 6.80. The van der Waals surface area contributed by atoms with Crippen molar-refractivity contribution >= 4 is 34.8 Å². The Kier molecular flexibility index (Phi) is 6.95. The number of rotatable bonds is 5. The van der Waals surface area contributed by atoms with E-state index < -0.39 is 0 Å². The molecule has 2 heterocycles. The van der Waals surface area contributed by atoms with Gasteiger partial charge in [-0.05, 0) is 92.9 Å². The lowest BCUT2D eigenvalue weighted by molar-refractivity contribution is 0.0972. The summed E-state index contributed by atoms with van der Waals surface area (Å²) in [5.74, 6) is 1.90. The van der Waals surface area contributed by atoms with Gasteiger partial charge >= 0.3 is 0 Å². The summed E-state index contributed by atoms with van der Waals surface area (Å²) >= 11 is 12.7. The average molecular weight is 497 g/mol. The van der Waals surface area contributed by atoms with Crippen LogP contribution in [0.4, 0.5) is 5.69 Å². The van der Waals surface area contributed by atoms with Crippen molar-refractivity contribution in [3.8, 4) is 17.2 Å². The van der Waals surface area contributed by atoms with Gasteiger partial charge in [-0.3, -0.25) is 4.79 Å². The highest BCUT2D eigenvalue weighted by atomic mass is 35.5. The van der Waals surface area contributed by atoms with Crippen molar-refractivity contribution in [1.82, 2.24) is 5.32 Å². The van der Waals surface area contributed by atoms with E-state index in [1.807, 2.05) is 41.3 Å². The number of benzene rings is 3. The van der Waals surface area contributed by atoms with Crippen LogP contribution in [0.15, 0.2) is 60.7 Å². The molecule has 0 aromatic heterocycles. The zero-order valence-electron chi connectivity index (χ0n) is 18.7. The summed E-state index contributed by atoms with van der Waals surface area (Å²) < 4.78 is 11.8. The zero-order chi connectivity index (χ0) is 23.5. The number of hydrogen-bond acceptors (Lipinski definition) is 4. The first kappa shape index (κ1) is 23.0. The SMILES string of the molecule is O=C(c1ccc(Oc2cc3c(cc2Cl)CCCO3)cc1)N(c1cccc(Cl)c1)C1CCNCC1. The molecule has 0 radical (unpaired) electrons. The summed E-state index contributed by atoms with van der Waals surface area (Å²) in [4.78, 5) is 15.5. The van der Waals surface area contributed by atoms with Gasteiger partial charge in [0.25, 0.3) is 5.91 Å². The van der Waals surface area contributed by atoms with E-state index in [0.29, 0.717) is 33.7 Å². The predicted molar refractivity (Wildman–Crippen MR) is 136 cm³/mol. The molecule has 0 bridgehead atoms. The van der Waals surface area contributed by atoms with E-state index in [0.717, 1.165) is 55.8 Å². The Morgan fingerprint density at radius 2 is 1.82 bits per heavy atom. The molecule has 176 valence electrons. The van der Waals surface area contributed by atoms with Crippen LogP contribution in [0.3, 0.4) is 0 Å². The number of ether oxygens (including phenoxy) is 2. The van der Waals surface area contributed by atoms with Crippen molar-refractivity contribution in [1.29, 1.82) is 0 Å². The predicted octanol–water partition coefficient (Wildman–Crippen LogP) is 6.51. The number of hydrogen-bond donors (Lipinski definition) is 1. The summed E-state index contributed by atoms with van der Waals surface area (Å²) in [5.41, 5.74) is 2.50. The van der Waals surface area contributed by atoms with Gasteiger partial charge in [-0.15, -0.1) is 0 Å².